The standard InChI is InChI=1S/C13H14N2OS/c1-14-8-6-10(7-9-14)15-13(16)11-4-2-3-5-12(11)17-15/h2-6H,7-9H2,1H3. The maximum atomic E-state index is 12.2. The van der Waals surface area contributed by atoms with Crippen molar-refractivity contribution in [1.29, 1.82) is 0 Å². The van der Waals surface area contributed by atoms with Gasteiger partial charge in [-0.3, -0.25) is 4.79 Å². The molecule has 0 radical (unpaired) electrons. The summed E-state index contributed by atoms with van der Waals surface area (Å²) in [5.74, 6) is 0. The quantitative estimate of drug-likeness (QED) is 0.771. The fourth-order valence-electron chi connectivity index (χ4n) is 2.11. The van der Waals surface area contributed by atoms with E-state index in [9.17, 15) is 4.79 Å². The Morgan fingerprint density at radius 2 is 2.12 bits per heavy atom. The van der Waals surface area contributed by atoms with Crippen molar-refractivity contribution in [2.24, 2.45) is 0 Å². The highest BCUT2D eigenvalue weighted by Crippen LogP contribution is 2.22. The first-order valence-corrected chi connectivity index (χ1v) is 6.52. The van der Waals surface area contributed by atoms with Gasteiger partial charge in [-0.15, -0.1) is 0 Å². The van der Waals surface area contributed by atoms with Crippen LogP contribution in [0.5, 0.6) is 0 Å². The van der Waals surface area contributed by atoms with Crippen molar-refractivity contribution in [3.05, 3.63) is 40.7 Å². The highest BCUT2D eigenvalue weighted by Gasteiger charge is 2.14. The molecule has 1 aliphatic rings. The Labute approximate surface area is 104 Å². The van der Waals surface area contributed by atoms with Crippen molar-refractivity contribution in [1.82, 2.24) is 8.86 Å². The molecule has 3 rings (SSSR count). The molecule has 0 amide bonds. The van der Waals surface area contributed by atoms with Gasteiger partial charge >= 0.3 is 0 Å². The van der Waals surface area contributed by atoms with E-state index in [1.165, 1.54) is 0 Å². The average Bonchev–Trinajstić information content (AvgIpc) is 2.69. The third-order valence-electron chi connectivity index (χ3n) is 3.14. The van der Waals surface area contributed by atoms with E-state index in [-0.39, 0.29) is 5.56 Å². The van der Waals surface area contributed by atoms with E-state index in [4.69, 9.17) is 0 Å². The highest BCUT2D eigenvalue weighted by molar-refractivity contribution is 7.14. The van der Waals surface area contributed by atoms with Crippen LogP contribution in [0.15, 0.2) is 35.1 Å². The van der Waals surface area contributed by atoms with Crippen LogP contribution in [0.2, 0.25) is 0 Å². The SMILES string of the molecule is CN1CC=C(n2sc3ccccc3c2=O)CC1. The summed E-state index contributed by atoms with van der Waals surface area (Å²) in [5.41, 5.74) is 1.27. The Hall–Kier alpha value is -1.39. The molecule has 0 bridgehead atoms. The number of nitrogens with zero attached hydrogens (tertiary/aromatic N) is 2. The van der Waals surface area contributed by atoms with Crippen molar-refractivity contribution >= 4 is 27.3 Å². The molecule has 0 unspecified atom stereocenters. The first-order valence-electron chi connectivity index (χ1n) is 5.75. The molecule has 1 aliphatic heterocycles. The Bertz CT molecular complexity index is 638. The fourth-order valence-corrected chi connectivity index (χ4v) is 3.16. The van der Waals surface area contributed by atoms with Gasteiger partial charge in [0.05, 0.1) is 10.1 Å². The van der Waals surface area contributed by atoms with Crippen LogP contribution in [0.25, 0.3) is 15.8 Å². The van der Waals surface area contributed by atoms with Crippen molar-refractivity contribution in [3.8, 4) is 0 Å². The molecule has 2 aromatic rings. The maximum absolute atomic E-state index is 12.2. The van der Waals surface area contributed by atoms with Gasteiger partial charge in [-0.2, -0.15) is 0 Å². The van der Waals surface area contributed by atoms with E-state index < -0.39 is 0 Å². The molecule has 88 valence electrons. The van der Waals surface area contributed by atoms with Gasteiger partial charge in [0.1, 0.15) is 0 Å². The third kappa shape index (κ3) is 1.83. The van der Waals surface area contributed by atoms with Crippen molar-refractivity contribution < 1.29 is 0 Å². The molecule has 1 aromatic heterocycles. The summed E-state index contributed by atoms with van der Waals surface area (Å²) in [4.78, 5) is 14.5. The molecule has 1 aromatic carbocycles. The molecule has 0 N–H and O–H groups in total. The summed E-state index contributed by atoms with van der Waals surface area (Å²) in [7, 11) is 2.10. The van der Waals surface area contributed by atoms with E-state index in [2.05, 4.69) is 18.0 Å². The maximum Gasteiger partial charge on any atom is 0.272 e. The van der Waals surface area contributed by atoms with Crippen LogP contribution < -0.4 is 5.56 Å². The van der Waals surface area contributed by atoms with Crippen LogP contribution in [-0.4, -0.2) is 29.0 Å². The Kier molecular flexibility index (Phi) is 2.61. The minimum Gasteiger partial charge on any atom is -0.302 e. The van der Waals surface area contributed by atoms with Crippen LogP contribution >= 0.6 is 11.5 Å². The Morgan fingerprint density at radius 1 is 1.29 bits per heavy atom. The van der Waals surface area contributed by atoms with E-state index in [0.29, 0.717) is 0 Å². The average molecular weight is 246 g/mol. The van der Waals surface area contributed by atoms with Crippen LogP contribution in [0, 0.1) is 0 Å². The second-order valence-corrected chi connectivity index (χ2v) is 5.38. The number of hydrogen-bond acceptors (Lipinski definition) is 3. The van der Waals surface area contributed by atoms with Gasteiger partial charge in [0.2, 0.25) is 0 Å². The smallest absolute Gasteiger partial charge is 0.272 e. The zero-order valence-electron chi connectivity index (χ0n) is 9.72. The lowest BCUT2D eigenvalue weighted by Crippen LogP contribution is -2.26. The van der Waals surface area contributed by atoms with Gasteiger partial charge in [0.15, 0.2) is 0 Å². The lowest BCUT2D eigenvalue weighted by Gasteiger charge is -2.21. The number of benzene rings is 1. The van der Waals surface area contributed by atoms with Gasteiger partial charge in [-0.25, -0.2) is 3.96 Å². The molecular weight excluding hydrogens is 232 g/mol. The molecule has 0 atom stereocenters. The molecule has 0 aliphatic carbocycles. The minimum atomic E-state index is 0.126. The van der Waals surface area contributed by atoms with E-state index in [1.54, 1.807) is 11.5 Å². The van der Waals surface area contributed by atoms with Crippen molar-refractivity contribution in [3.63, 3.8) is 0 Å². The molecule has 2 heterocycles. The van der Waals surface area contributed by atoms with Gasteiger partial charge in [0.25, 0.3) is 5.56 Å². The van der Waals surface area contributed by atoms with Crippen molar-refractivity contribution in [2.45, 2.75) is 6.42 Å². The van der Waals surface area contributed by atoms with Gasteiger partial charge in [-0.05, 0) is 25.3 Å². The number of aromatic nitrogens is 1. The van der Waals surface area contributed by atoms with Crippen LogP contribution in [0.3, 0.4) is 0 Å². The molecule has 0 spiro atoms. The van der Waals surface area contributed by atoms with Crippen LogP contribution in [-0.2, 0) is 0 Å². The number of fused-ring (bicyclic) bond motifs is 1. The van der Waals surface area contributed by atoms with Crippen LogP contribution in [0.4, 0.5) is 0 Å². The summed E-state index contributed by atoms with van der Waals surface area (Å²) in [5, 5.41) is 0.831. The Balaban J connectivity index is 2.12. The fraction of sp³-hybridized carbons (Fsp3) is 0.308. The van der Waals surface area contributed by atoms with Gasteiger partial charge in [-0.1, -0.05) is 23.7 Å². The number of rotatable bonds is 1. The molecule has 0 fully saturated rings. The Morgan fingerprint density at radius 3 is 2.82 bits per heavy atom. The second-order valence-electron chi connectivity index (χ2n) is 4.39. The zero-order chi connectivity index (χ0) is 11.8. The predicted octanol–water partition coefficient (Wildman–Crippen LogP) is 2.24. The third-order valence-corrected chi connectivity index (χ3v) is 4.28. The lowest BCUT2D eigenvalue weighted by molar-refractivity contribution is 0.367. The minimum absolute atomic E-state index is 0.126. The van der Waals surface area contributed by atoms with E-state index in [1.807, 2.05) is 28.2 Å². The molecule has 4 heteroatoms. The van der Waals surface area contributed by atoms with E-state index >= 15 is 0 Å². The predicted molar refractivity (Wildman–Crippen MR) is 72.5 cm³/mol. The van der Waals surface area contributed by atoms with Gasteiger partial charge in [0, 0.05) is 25.2 Å². The molecule has 0 saturated carbocycles. The zero-order valence-corrected chi connectivity index (χ0v) is 10.5. The largest absolute Gasteiger partial charge is 0.302 e. The first kappa shape index (κ1) is 10.7. The molecule has 0 saturated heterocycles. The topological polar surface area (TPSA) is 25.2 Å². The summed E-state index contributed by atoms with van der Waals surface area (Å²) >= 11 is 1.55. The summed E-state index contributed by atoms with van der Waals surface area (Å²) in [6.45, 7) is 1.95. The summed E-state index contributed by atoms with van der Waals surface area (Å²) < 4.78 is 2.91. The van der Waals surface area contributed by atoms with Crippen molar-refractivity contribution in [2.75, 3.05) is 20.1 Å². The molecule has 3 nitrogen and oxygen atoms in total. The summed E-state index contributed by atoms with van der Waals surface area (Å²) in [6.07, 6.45) is 3.10. The number of likely N-dealkylation sites (N-methyl/N-ethyl adjacent to an activating group) is 1. The monoisotopic (exact) mass is 246 g/mol. The lowest BCUT2D eigenvalue weighted by atomic mass is 10.2. The summed E-state index contributed by atoms with van der Waals surface area (Å²) in [6, 6.07) is 7.81. The highest BCUT2D eigenvalue weighted by atomic mass is 32.1. The molecular formula is C13H14N2OS. The van der Waals surface area contributed by atoms with E-state index in [0.717, 1.165) is 35.3 Å². The van der Waals surface area contributed by atoms with Gasteiger partial charge < -0.3 is 4.90 Å². The van der Waals surface area contributed by atoms with Crippen LogP contribution in [0.1, 0.15) is 6.42 Å². The molecule has 17 heavy (non-hydrogen) atoms. The number of hydrogen-bond donors (Lipinski definition) is 0. The first-order chi connectivity index (χ1) is 8.25. The second kappa shape index (κ2) is 4.13. The normalized spacial score (nSPS) is 17.4.